The normalized spacial score (nSPS) is 36.6. The SMILES string of the molecule is CN=[S@](=O)(C[C@]1(O)CC[C@]12CCCC21CCCC1)c1ccccc1. The minimum absolute atomic E-state index is 0.00136. The summed E-state index contributed by atoms with van der Waals surface area (Å²) in [5.74, 6) is 0.308. The Morgan fingerprint density at radius 2 is 1.67 bits per heavy atom. The predicted molar refractivity (Wildman–Crippen MR) is 97.4 cm³/mol. The smallest absolute Gasteiger partial charge is 0.0836 e. The summed E-state index contributed by atoms with van der Waals surface area (Å²) in [5.41, 5.74) is -0.496. The highest BCUT2D eigenvalue weighted by atomic mass is 32.2. The van der Waals surface area contributed by atoms with E-state index in [2.05, 4.69) is 4.36 Å². The minimum atomic E-state index is -2.56. The highest BCUT2D eigenvalue weighted by Gasteiger charge is 2.70. The zero-order valence-electron chi connectivity index (χ0n) is 14.7. The van der Waals surface area contributed by atoms with Crippen LogP contribution in [0.4, 0.5) is 0 Å². The van der Waals surface area contributed by atoms with Gasteiger partial charge in [-0.3, -0.25) is 0 Å². The van der Waals surface area contributed by atoms with Gasteiger partial charge in [-0.2, -0.15) is 0 Å². The lowest BCUT2D eigenvalue weighted by molar-refractivity contribution is -0.202. The van der Waals surface area contributed by atoms with Crippen molar-refractivity contribution in [2.75, 3.05) is 12.8 Å². The van der Waals surface area contributed by atoms with E-state index in [9.17, 15) is 9.32 Å². The quantitative estimate of drug-likeness (QED) is 0.881. The average molecular weight is 348 g/mol. The number of rotatable bonds is 3. The Morgan fingerprint density at radius 3 is 2.25 bits per heavy atom. The van der Waals surface area contributed by atoms with Crippen LogP contribution in [0.25, 0.3) is 0 Å². The largest absolute Gasteiger partial charge is 0.388 e. The summed E-state index contributed by atoms with van der Waals surface area (Å²) < 4.78 is 17.9. The lowest BCUT2D eigenvalue weighted by Gasteiger charge is -2.62. The van der Waals surface area contributed by atoms with Crippen molar-refractivity contribution in [2.24, 2.45) is 15.2 Å². The molecule has 4 heteroatoms. The van der Waals surface area contributed by atoms with E-state index >= 15 is 0 Å². The number of nitrogens with zero attached hydrogens (tertiary/aromatic N) is 1. The molecule has 3 atom stereocenters. The van der Waals surface area contributed by atoms with Crippen LogP contribution in [0, 0.1) is 10.8 Å². The summed E-state index contributed by atoms with van der Waals surface area (Å²) in [7, 11) is -0.916. The number of hydrogen-bond donors (Lipinski definition) is 1. The van der Waals surface area contributed by atoms with Crippen LogP contribution in [-0.2, 0) is 9.73 Å². The van der Waals surface area contributed by atoms with Gasteiger partial charge in [0.1, 0.15) is 0 Å². The Balaban J connectivity index is 1.70. The van der Waals surface area contributed by atoms with Gasteiger partial charge in [-0.15, -0.1) is 0 Å². The maximum atomic E-state index is 13.6. The number of aliphatic hydroxyl groups is 1. The molecule has 3 fully saturated rings. The molecule has 132 valence electrons. The maximum absolute atomic E-state index is 13.6. The van der Waals surface area contributed by atoms with Crippen molar-refractivity contribution in [1.82, 2.24) is 0 Å². The first-order valence-electron chi connectivity index (χ1n) is 9.40. The lowest BCUT2D eigenvalue weighted by Crippen LogP contribution is -2.65. The molecule has 0 saturated heterocycles. The van der Waals surface area contributed by atoms with Crippen LogP contribution in [0.1, 0.15) is 57.8 Å². The van der Waals surface area contributed by atoms with Crippen molar-refractivity contribution < 1.29 is 9.32 Å². The Morgan fingerprint density at radius 1 is 1.00 bits per heavy atom. The molecule has 2 spiro atoms. The van der Waals surface area contributed by atoms with E-state index in [4.69, 9.17) is 0 Å². The van der Waals surface area contributed by atoms with Crippen molar-refractivity contribution >= 4 is 9.73 Å². The predicted octanol–water partition coefficient (Wildman–Crippen LogP) is 4.40. The third-order valence-electron chi connectivity index (χ3n) is 7.53. The summed E-state index contributed by atoms with van der Waals surface area (Å²) in [6.45, 7) is 0. The van der Waals surface area contributed by atoms with E-state index in [1.807, 2.05) is 30.3 Å². The van der Waals surface area contributed by atoms with Crippen LogP contribution in [0.3, 0.4) is 0 Å². The second kappa shape index (κ2) is 5.57. The molecule has 1 aromatic rings. The van der Waals surface area contributed by atoms with Crippen LogP contribution in [0.5, 0.6) is 0 Å². The van der Waals surface area contributed by atoms with Gasteiger partial charge in [0.2, 0.25) is 0 Å². The molecule has 0 aromatic heterocycles. The molecule has 24 heavy (non-hydrogen) atoms. The Hall–Kier alpha value is -0.870. The van der Waals surface area contributed by atoms with Gasteiger partial charge >= 0.3 is 0 Å². The summed E-state index contributed by atoms with van der Waals surface area (Å²) in [6, 6.07) is 9.54. The Bertz CT molecular complexity index is 726. The lowest BCUT2D eigenvalue weighted by atomic mass is 9.46. The maximum Gasteiger partial charge on any atom is 0.0836 e. The summed E-state index contributed by atoms with van der Waals surface area (Å²) in [6.07, 6.45) is 10.6. The fraction of sp³-hybridized carbons (Fsp3) is 0.700. The van der Waals surface area contributed by atoms with Gasteiger partial charge in [-0.1, -0.05) is 37.5 Å². The first kappa shape index (κ1) is 16.6. The molecule has 1 aromatic carbocycles. The van der Waals surface area contributed by atoms with E-state index in [0.29, 0.717) is 11.2 Å². The van der Waals surface area contributed by atoms with E-state index in [1.165, 1.54) is 38.5 Å². The molecule has 0 radical (unpaired) electrons. The van der Waals surface area contributed by atoms with Crippen molar-refractivity contribution in [3.8, 4) is 0 Å². The van der Waals surface area contributed by atoms with E-state index in [-0.39, 0.29) is 5.41 Å². The molecule has 0 unspecified atom stereocenters. The Kier molecular flexibility index (Phi) is 3.85. The van der Waals surface area contributed by atoms with E-state index in [0.717, 1.165) is 24.2 Å². The highest BCUT2D eigenvalue weighted by molar-refractivity contribution is 7.93. The van der Waals surface area contributed by atoms with Gasteiger partial charge in [-0.05, 0) is 56.1 Å². The van der Waals surface area contributed by atoms with Gasteiger partial charge in [0.15, 0.2) is 0 Å². The topological polar surface area (TPSA) is 49.7 Å². The molecule has 3 nitrogen and oxygen atoms in total. The van der Waals surface area contributed by atoms with Gasteiger partial charge in [0.25, 0.3) is 0 Å². The zero-order chi connectivity index (χ0) is 16.9. The van der Waals surface area contributed by atoms with Gasteiger partial charge in [0, 0.05) is 17.4 Å². The van der Waals surface area contributed by atoms with Gasteiger partial charge in [0.05, 0.1) is 21.1 Å². The molecule has 0 amide bonds. The molecule has 1 N–H and O–H groups in total. The third kappa shape index (κ3) is 2.08. The molecule has 0 aliphatic heterocycles. The first-order valence-corrected chi connectivity index (χ1v) is 11.1. The molecule has 3 aliphatic carbocycles. The fourth-order valence-corrected chi connectivity index (χ4v) is 8.42. The molecular weight excluding hydrogens is 318 g/mol. The van der Waals surface area contributed by atoms with E-state index in [1.54, 1.807) is 7.05 Å². The number of benzene rings is 1. The fourth-order valence-electron chi connectivity index (χ4n) is 6.27. The number of hydrogen-bond acceptors (Lipinski definition) is 3. The second-order valence-corrected chi connectivity index (χ2v) is 10.6. The van der Waals surface area contributed by atoms with Crippen LogP contribution >= 0.6 is 0 Å². The Labute approximate surface area is 146 Å². The summed E-state index contributed by atoms with van der Waals surface area (Å²) >= 11 is 0. The highest BCUT2D eigenvalue weighted by Crippen LogP contribution is 2.73. The van der Waals surface area contributed by atoms with Crippen molar-refractivity contribution in [2.45, 2.75) is 68.3 Å². The van der Waals surface area contributed by atoms with Crippen molar-refractivity contribution in [1.29, 1.82) is 0 Å². The average Bonchev–Trinajstić information content (AvgIpc) is 3.24. The monoisotopic (exact) mass is 347 g/mol. The van der Waals surface area contributed by atoms with Crippen LogP contribution in [0.2, 0.25) is 0 Å². The van der Waals surface area contributed by atoms with Crippen LogP contribution in [0.15, 0.2) is 39.6 Å². The van der Waals surface area contributed by atoms with Crippen LogP contribution < -0.4 is 0 Å². The molecule has 0 heterocycles. The standard InChI is InChI=1S/C20H29NO2S/c1-21-24(23,17-8-3-2-4-9-17)16-20(22)15-14-19(20)13-7-12-18(19)10-5-6-11-18/h2-4,8-9,22H,5-7,10-16H2,1H3/t19-,20+,24-/m0/s1. The van der Waals surface area contributed by atoms with Gasteiger partial charge < -0.3 is 5.11 Å². The molecular formula is C20H29NO2S. The van der Waals surface area contributed by atoms with Crippen molar-refractivity contribution in [3.05, 3.63) is 30.3 Å². The first-order chi connectivity index (χ1) is 11.5. The second-order valence-electron chi connectivity index (χ2n) is 8.24. The molecule has 3 aliphatic rings. The zero-order valence-corrected chi connectivity index (χ0v) is 15.5. The minimum Gasteiger partial charge on any atom is -0.388 e. The van der Waals surface area contributed by atoms with Crippen molar-refractivity contribution in [3.63, 3.8) is 0 Å². The summed E-state index contributed by atoms with van der Waals surface area (Å²) in [4.78, 5) is 0.765. The number of fused-ring (bicyclic) bond motifs is 1. The van der Waals surface area contributed by atoms with Crippen LogP contribution in [-0.4, -0.2) is 27.7 Å². The van der Waals surface area contributed by atoms with E-state index < -0.39 is 15.3 Å². The molecule has 0 bridgehead atoms. The molecule has 3 saturated carbocycles. The molecule has 4 rings (SSSR count). The third-order valence-corrected chi connectivity index (χ3v) is 10.00. The van der Waals surface area contributed by atoms with Gasteiger partial charge in [-0.25, -0.2) is 8.57 Å². The summed E-state index contributed by atoms with van der Waals surface area (Å²) in [5, 5.41) is 11.7.